The molecule has 1 aromatic carbocycles. The van der Waals surface area contributed by atoms with Crippen molar-refractivity contribution in [3.8, 4) is 0 Å². The molecule has 0 aliphatic carbocycles. The van der Waals surface area contributed by atoms with Gasteiger partial charge in [-0.2, -0.15) is 10.1 Å². The van der Waals surface area contributed by atoms with Crippen LogP contribution in [0, 0.1) is 10.1 Å². The van der Waals surface area contributed by atoms with E-state index in [2.05, 4.69) is 15.2 Å². The molecule has 0 radical (unpaired) electrons. The monoisotopic (exact) mass is 305 g/mol. The van der Waals surface area contributed by atoms with Gasteiger partial charge in [-0.15, -0.1) is 0 Å². The Morgan fingerprint density at radius 3 is 2.50 bits per heavy atom. The predicted molar refractivity (Wildman–Crippen MR) is 73.4 cm³/mol. The number of aliphatic carboxylic acids is 1. The Morgan fingerprint density at radius 1 is 1.32 bits per heavy atom. The number of carboxylic acid groups (broad SMARTS) is 1. The van der Waals surface area contributed by atoms with Crippen molar-refractivity contribution in [2.24, 2.45) is 0 Å². The highest BCUT2D eigenvalue weighted by Gasteiger charge is 2.21. The summed E-state index contributed by atoms with van der Waals surface area (Å²) in [6.45, 7) is -0.111. The van der Waals surface area contributed by atoms with E-state index < -0.39 is 16.8 Å². The maximum atomic E-state index is 12.4. The molecule has 0 fully saturated rings. The molecule has 1 amide bonds. The Labute approximate surface area is 123 Å². The second kappa shape index (κ2) is 6.43. The first-order valence-electron chi connectivity index (χ1n) is 6.12. The van der Waals surface area contributed by atoms with Crippen LogP contribution in [0.15, 0.2) is 30.6 Å². The molecule has 0 saturated carbocycles. The van der Waals surface area contributed by atoms with Gasteiger partial charge in [-0.25, -0.2) is 5.10 Å². The van der Waals surface area contributed by atoms with Gasteiger partial charge < -0.3 is 5.11 Å². The number of hydrogen-bond acceptors (Lipinski definition) is 6. The molecule has 0 saturated heterocycles. The number of amides is 1. The number of rotatable bonds is 6. The summed E-state index contributed by atoms with van der Waals surface area (Å²) in [5.41, 5.74) is 0.0284. The number of H-pyrrole nitrogens is 1. The van der Waals surface area contributed by atoms with Crippen LogP contribution in [0.25, 0.3) is 0 Å². The lowest BCUT2D eigenvalue weighted by atomic mass is 10.2. The number of nitro benzene ring substituents is 1. The number of non-ortho nitro benzene ring substituents is 1. The molecule has 0 spiro atoms. The van der Waals surface area contributed by atoms with Gasteiger partial charge in [0.05, 0.1) is 11.3 Å². The first-order valence-corrected chi connectivity index (χ1v) is 6.12. The van der Waals surface area contributed by atoms with E-state index in [1.54, 1.807) is 0 Å². The van der Waals surface area contributed by atoms with Gasteiger partial charge in [0.15, 0.2) is 0 Å². The molecule has 0 aliphatic heterocycles. The lowest BCUT2D eigenvalue weighted by molar-refractivity contribution is -0.384. The van der Waals surface area contributed by atoms with E-state index in [-0.39, 0.29) is 30.2 Å². The van der Waals surface area contributed by atoms with E-state index in [1.165, 1.54) is 30.6 Å². The predicted octanol–water partition coefficient (Wildman–Crippen LogP) is 0.834. The van der Waals surface area contributed by atoms with Crippen molar-refractivity contribution in [2.45, 2.75) is 6.42 Å². The van der Waals surface area contributed by atoms with Crippen LogP contribution in [0.5, 0.6) is 0 Å². The molecule has 0 unspecified atom stereocenters. The van der Waals surface area contributed by atoms with Gasteiger partial charge in [0, 0.05) is 24.2 Å². The Bertz CT molecular complexity index is 682. The molecule has 22 heavy (non-hydrogen) atoms. The van der Waals surface area contributed by atoms with Crippen molar-refractivity contribution in [3.63, 3.8) is 0 Å². The summed E-state index contributed by atoms with van der Waals surface area (Å²) in [4.78, 5) is 38.1. The highest BCUT2D eigenvalue weighted by molar-refractivity contribution is 6.05. The minimum absolute atomic E-state index is 0.101. The first-order chi connectivity index (χ1) is 10.5. The average Bonchev–Trinajstić information content (AvgIpc) is 3.01. The summed E-state index contributed by atoms with van der Waals surface area (Å²) in [7, 11) is 0. The molecule has 2 N–H and O–H groups in total. The largest absolute Gasteiger partial charge is 0.481 e. The van der Waals surface area contributed by atoms with Gasteiger partial charge in [0.2, 0.25) is 5.95 Å². The molecule has 10 nitrogen and oxygen atoms in total. The zero-order valence-electron chi connectivity index (χ0n) is 11.2. The van der Waals surface area contributed by atoms with E-state index in [1.807, 2.05) is 0 Å². The molecular formula is C12H11N5O5. The molecule has 0 bridgehead atoms. The van der Waals surface area contributed by atoms with E-state index in [0.717, 1.165) is 4.90 Å². The van der Waals surface area contributed by atoms with Crippen molar-refractivity contribution in [2.75, 3.05) is 11.4 Å². The number of nitrogens with one attached hydrogen (secondary N) is 1. The second-order valence-corrected chi connectivity index (χ2v) is 4.21. The SMILES string of the molecule is O=C(O)CCN(C(=O)c1ccc([N+](=O)[O-])cc1)c1ncn[nH]1. The first kappa shape index (κ1) is 15.1. The third-order valence-corrected chi connectivity index (χ3v) is 2.78. The summed E-state index contributed by atoms with van der Waals surface area (Å²) in [6.07, 6.45) is 0.908. The molecule has 2 aromatic rings. The normalized spacial score (nSPS) is 10.2. The van der Waals surface area contributed by atoms with Crippen molar-refractivity contribution >= 4 is 23.5 Å². The van der Waals surface area contributed by atoms with Gasteiger partial charge in [-0.05, 0) is 12.1 Å². The number of nitro groups is 1. The van der Waals surface area contributed by atoms with E-state index in [0.29, 0.717) is 0 Å². The fourth-order valence-electron chi connectivity index (χ4n) is 1.72. The quantitative estimate of drug-likeness (QED) is 0.594. The average molecular weight is 305 g/mol. The maximum absolute atomic E-state index is 12.4. The summed E-state index contributed by atoms with van der Waals surface area (Å²) in [5.74, 6) is -1.50. The number of carbonyl (C=O) groups excluding carboxylic acids is 1. The van der Waals surface area contributed by atoms with Crippen LogP contribution in [0.2, 0.25) is 0 Å². The lowest BCUT2D eigenvalue weighted by Gasteiger charge is -2.18. The maximum Gasteiger partial charge on any atom is 0.305 e. The Hall–Kier alpha value is -3.30. The molecule has 0 aliphatic rings. The van der Waals surface area contributed by atoms with E-state index in [9.17, 15) is 19.7 Å². The molecule has 1 heterocycles. The third-order valence-electron chi connectivity index (χ3n) is 2.78. The molecule has 2 rings (SSSR count). The number of aromatic nitrogens is 3. The Balaban J connectivity index is 2.24. The van der Waals surface area contributed by atoms with Crippen molar-refractivity contribution < 1.29 is 19.6 Å². The summed E-state index contributed by atoms with van der Waals surface area (Å²) < 4.78 is 0. The number of anilines is 1. The number of hydrogen-bond donors (Lipinski definition) is 2. The standard InChI is InChI=1S/C12H11N5O5/c18-10(19)5-6-16(12-13-7-14-15-12)11(20)8-1-3-9(4-2-8)17(21)22/h1-4,7H,5-6H2,(H,18,19)(H,13,14,15). The number of carbonyl (C=O) groups is 2. The van der Waals surface area contributed by atoms with Crippen molar-refractivity contribution in [3.05, 3.63) is 46.3 Å². The molecule has 10 heteroatoms. The van der Waals surface area contributed by atoms with Crippen LogP contribution in [-0.4, -0.2) is 43.6 Å². The number of nitrogens with zero attached hydrogens (tertiary/aromatic N) is 4. The zero-order valence-corrected chi connectivity index (χ0v) is 11.2. The topological polar surface area (TPSA) is 142 Å². The van der Waals surface area contributed by atoms with E-state index >= 15 is 0 Å². The smallest absolute Gasteiger partial charge is 0.305 e. The highest BCUT2D eigenvalue weighted by atomic mass is 16.6. The van der Waals surface area contributed by atoms with Crippen LogP contribution in [0.1, 0.15) is 16.8 Å². The minimum atomic E-state index is -1.07. The fourth-order valence-corrected chi connectivity index (χ4v) is 1.72. The van der Waals surface area contributed by atoms with Crippen LogP contribution in [-0.2, 0) is 4.79 Å². The van der Waals surface area contributed by atoms with Crippen LogP contribution in [0.3, 0.4) is 0 Å². The van der Waals surface area contributed by atoms with Crippen molar-refractivity contribution in [1.29, 1.82) is 0 Å². The van der Waals surface area contributed by atoms with Crippen LogP contribution in [0.4, 0.5) is 11.6 Å². The van der Waals surface area contributed by atoms with Gasteiger partial charge in [0.25, 0.3) is 11.6 Å². The van der Waals surface area contributed by atoms with Crippen LogP contribution < -0.4 is 4.90 Å². The number of benzene rings is 1. The van der Waals surface area contributed by atoms with Gasteiger partial charge >= 0.3 is 5.97 Å². The summed E-state index contributed by atoms with van der Waals surface area (Å²) in [6, 6.07) is 4.99. The summed E-state index contributed by atoms with van der Waals surface area (Å²) in [5, 5.41) is 25.5. The van der Waals surface area contributed by atoms with E-state index in [4.69, 9.17) is 5.11 Å². The summed E-state index contributed by atoms with van der Waals surface area (Å²) >= 11 is 0. The molecule has 1 aromatic heterocycles. The Morgan fingerprint density at radius 2 is 2.00 bits per heavy atom. The number of aromatic amines is 1. The zero-order chi connectivity index (χ0) is 16.1. The fraction of sp³-hybridized carbons (Fsp3) is 0.167. The van der Waals surface area contributed by atoms with Gasteiger partial charge in [-0.3, -0.25) is 24.6 Å². The molecule has 0 atom stereocenters. The van der Waals surface area contributed by atoms with Gasteiger partial charge in [-0.1, -0.05) is 0 Å². The Kier molecular flexibility index (Phi) is 4.41. The molecule has 114 valence electrons. The molecular weight excluding hydrogens is 294 g/mol. The number of carboxylic acids is 1. The van der Waals surface area contributed by atoms with Gasteiger partial charge in [0.1, 0.15) is 6.33 Å². The lowest BCUT2D eigenvalue weighted by Crippen LogP contribution is -2.34. The third kappa shape index (κ3) is 3.42. The van der Waals surface area contributed by atoms with Crippen LogP contribution >= 0.6 is 0 Å². The second-order valence-electron chi connectivity index (χ2n) is 4.21. The minimum Gasteiger partial charge on any atom is -0.481 e. The highest BCUT2D eigenvalue weighted by Crippen LogP contribution is 2.16. The van der Waals surface area contributed by atoms with Crippen molar-refractivity contribution in [1.82, 2.24) is 15.2 Å².